The number of benzene rings is 1. The van der Waals surface area contributed by atoms with Gasteiger partial charge in [-0.3, -0.25) is 20.2 Å². The predicted octanol–water partition coefficient (Wildman–Crippen LogP) is 1.51. The normalized spacial score (nSPS) is 9.81. The Hall–Kier alpha value is -2.51. The van der Waals surface area contributed by atoms with Gasteiger partial charge < -0.3 is 5.11 Å². The van der Waals surface area contributed by atoms with E-state index in [0.717, 1.165) is 6.07 Å². The number of aromatic carboxylic acids is 1. The number of nitrogens with zero attached hydrogens (tertiary/aromatic N) is 2. The molecule has 0 bridgehead atoms. The van der Waals surface area contributed by atoms with Gasteiger partial charge in [0.15, 0.2) is 0 Å². The SMILES string of the molecule is Cc1cc([N+](=O)[O-])c(C(=O)O)cc1[N+](=O)[O-]. The van der Waals surface area contributed by atoms with Crippen LogP contribution < -0.4 is 0 Å². The molecule has 1 N–H and O–H groups in total. The first-order valence-corrected chi connectivity index (χ1v) is 4.01. The Morgan fingerprint density at radius 3 is 2.06 bits per heavy atom. The molecule has 0 aromatic heterocycles. The molecule has 0 fully saturated rings. The Bertz CT molecular complexity index is 496. The largest absolute Gasteiger partial charge is 0.477 e. The summed E-state index contributed by atoms with van der Waals surface area (Å²) in [4.78, 5) is 30.1. The molecule has 0 amide bonds. The van der Waals surface area contributed by atoms with Crippen LogP contribution in [0, 0.1) is 27.2 Å². The second-order valence-corrected chi connectivity index (χ2v) is 2.98. The third-order valence-electron chi connectivity index (χ3n) is 1.94. The van der Waals surface area contributed by atoms with Crippen LogP contribution in [0.15, 0.2) is 12.1 Å². The smallest absolute Gasteiger partial charge is 0.342 e. The molecule has 0 aliphatic heterocycles. The molecule has 1 aromatic carbocycles. The Labute approximate surface area is 88.4 Å². The van der Waals surface area contributed by atoms with Crippen LogP contribution in [0.2, 0.25) is 0 Å². The average Bonchev–Trinajstić information content (AvgIpc) is 2.15. The predicted molar refractivity (Wildman–Crippen MR) is 51.4 cm³/mol. The van der Waals surface area contributed by atoms with Crippen LogP contribution >= 0.6 is 0 Å². The standard InChI is InChI=1S/C8H6N2O6/c1-4-2-7(10(15)16)5(8(11)12)3-6(4)9(13)14/h2-3H,1H3,(H,11,12). The van der Waals surface area contributed by atoms with Crippen molar-refractivity contribution in [1.82, 2.24) is 0 Å². The first-order chi connectivity index (χ1) is 7.34. The van der Waals surface area contributed by atoms with Crippen molar-refractivity contribution in [1.29, 1.82) is 0 Å². The molecule has 0 saturated heterocycles. The molecule has 0 spiro atoms. The van der Waals surface area contributed by atoms with Gasteiger partial charge in [-0.15, -0.1) is 0 Å². The Morgan fingerprint density at radius 2 is 1.69 bits per heavy atom. The number of nitro groups is 2. The summed E-state index contributed by atoms with van der Waals surface area (Å²) in [6, 6.07) is 1.57. The van der Waals surface area contributed by atoms with E-state index in [1.165, 1.54) is 6.92 Å². The second kappa shape index (κ2) is 3.93. The third kappa shape index (κ3) is 1.95. The van der Waals surface area contributed by atoms with Crippen molar-refractivity contribution in [3.63, 3.8) is 0 Å². The zero-order chi connectivity index (χ0) is 12.5. The fourth-order valence-corrected chi connectivity index (χ4v) is 1.20. The minimum absolute atomic E-state index is 0.0432. The summed E-state index contributed by atoms with van der Waals surface area (Å²) in [6.45, 7) is 1.30. The van der Waals surface area contributed by atoms with Crippen molar-refractivity contribution >= 4 is 17.3 Å². The molecule has 8 nitrogen and oxygen atoms in total. The minimum Gasteiger partial charge on any atom is -0.477 e. The summed E-state index contributed by atoms with van der Waals surface area (Å²) in [5, 5.41) is 29.7. The molecule has 8 heteroatoms. The monoisotopic (exact) mass is 226 g/mol. The summed E-state index contributed by atoms with van der Waals surface area (Å²) in [7, 11) is 0. The molecule has 0 aliphatic rings. The highest BCUT2D eigenvalue weighted by molar-refractivity contribution is 5.93. The molecule has 0 unspecified atom stereocenters. The summed E-state index contributed by atoms with van der Waals surface area (Å²) >= 11 is 0. The number of rotatable bonds is 3. The van der Waals surface area contributed by atoms with Crippen molar-refractivity contribution in [3.05, 3.63) is 43.5 Å². The summed E-state index contributed by atoms with van der Waals surface area (Å²) in [5.41, 5.74) is -1.76. The highest BCUT2D eigenvalue weighted by Crippen LogP contribution is 2.27. The van der Waals surface area contributed by atoms with Gasteiger partial charge in [0, 0.05) is 17.7 Å². The fourth-order valence-electron chi connectivity index (χ4n) is 1.20. The van der Waals surface area contributed by atoms with Gasteiger partial charge in [-0.2, -0.15) is 0 Å². The highest BCUT2D eigenvalue weighted by atomic mass is 16.6. The summed E-state index contributed by atoms with van der Waals surface area (Å²) < 4.78 is 0. The number of hydrogen-bond donors (Lipinski definition) is 1. The lowest BCUT2D eigenvalue weighted by Gasteiger charge is -2.00. The number of carboxylic acids is 1. The topological polar surface area (TPSA) is 124 Å². The molecule has 1 aromatic rings. The average molecular weight is 226 g/mol. The Morgan fingerprint density at radius 1 is 1.19 bits per heavy atom. The molecule has 0 heterocycles. The van der Waals surface area contributed by atoms with Gasteiger partial charge in [-0.25, -0.2) is 4.79 Å². The van der Waals surface area contributed by atoms with E-state index in [4.69, 9.17) is 5.11 Å². The Balaban J connectivity index is 3.55. The minimum atomic E-state index is -1.57. The van der Waals surface area contributed by atoms with Gasteiger partial charge in [0.1, 0.15) is 5.56 Å². The van der Waals surface area contributed by atoms with E-state index in [2.05, 4.69) is 0 Å². The lowest BCUT2D eigenvalue weighted by Crippen LogP contribution is -2.05. The number of carboxylic acid groups (broad SMARTS) is 1. The van der Waals surface area contributed by atoms with Crippen LogP contribution in [0.4, 0.5) is 11.4 Å². The van der Waals surface area contributed by atoms with Gasteiger partial charge in [0.05, 0.1) is 9.85 Å². The van der Waals surface area contributed by atoms with Crippen LogP contribution in [0.25, 0.3) is 0 Å². The summed E-state index contributed by atoms with van der Waals surface area (Å²) in [5.74, 6) is -1.57. The van der Waals surface area contributed by atoms with Crippen molar-refractivity contribution in [3.8, 4) is 0 Å². The van der Waals surface area contributed by atoms with E-state index >= 15 is 0 Å². The molecule has 16 heavy (non-hydrogen) atoms. The lowest BCUT2D eigenvalue weighted by atomic mass is 10.1. The van der Waals surface area contributed by atoms with E-state index < -0.39 is 32.8 Å². The van der Waals surface area contributed by atoms with Crippen molar-refractivity contribution in [2.45, 2.75) is 6.92 Å². The molecule has 0 atom stereocenters. The molecule has 0 radical (unpaired) electrons. The summed E-state index contributed by atoms with van der Waals surface area (Å²) in [6.07, 6.45) is 0. The van der Waals surface area contributed by atoms with E-state index in [0.29, 0.717) is 6.07 Å². The number of aryl methyl sites for hydroxylation is 1. The first kappa shape index (κ1) is 11.6. The maximum Gasteiger partial charge on any atom is 0.342 e. The van der Waals surface area contributed by atoms with Crippen LogP contribution in [0.1, 0.15) is 15.9 Å². The number of nitro benzene ring substituents is 2. The second-order valence-electron chi connectivity index (χ2n) is 2.98. The van der Waals surface area contributed by atoms with Gasteiger partial charge in [0.2, 0.25) is 0 Å². The highest BCUT2D eigenvalue weighted by Gasteiger charge is 2.25. The lowest BCUT2D eigenvalue weighted by molar-refractivity contribution is -0.389. The maximum atomic E-state index is 10.7. The molecule has 0 saturated carbocycles. The Kier molecular flexibility index (Phi) is 2.84. The molecule has 1 rings (SSSR count). The maximum absolute atomic E-state index is 10.7. The van der Waals surface area contributed by atoms with Gasteiger partial charge in [-0.1, -0.05) is 0 Å². The van der Waals surface area contributed by atoms with Crippen molar-refractivity contribution < 1.29 is 19.7 Å². The fraction of sp³-hybridized carbons (Fsp3) is 0.125. The zero-order valence-electron chi connectivity index (χ0n) is 8.04. The first-order valence-electron chi connectivity index (χ1n) is 4.01. The number of hydrogen-bond acceptors (Lipinski definition) is 5. The van der Waals surface area contributed by atoms with Gasteiger partial charge in [0.25, 0.3) is 11.4 Å². The number of carbonyl (C=O) groups is 1. The van der Waals surface area contributed by atoms with E-state index in [1.54, 1.807) is 0 Å². The van der Waals surface area contributed by atoms with E-state index in [1.807, 2.05) is 0 Å². The van der Waals surface area contributed by atoms with E-state index in [9.17, 15) is 25.0 Å². The molecular formula is C8H6N2O6. The van der Waals surface area contributed by atoms with Gasteiger partial charge in [-0.05, 0) is 6.92 Å². The zero-order valence-corrected chi connectivity index (χ0v) is 8.04. The van der Waals surface area contributed by atoms with Crippen LogP contribution in [0.5, 0.6) is 0 Å². The van der Waals surface area contributed by atoms with Crippen molar-refractivity contribution in [2.75, 3.05) is 0 Å². The van der Waals surface area contributed by atoms with Crippen molar-refractivity contribution in [2.24, 2.45) is 0 Å². The van der Waals surface area contributed by atoms with Crippen LogP contribution in [0.3, 0.4) is 0 Å². The molecule has 0 aliphatic carbocycles. The van der Waals surface area contributed by atoms with Crippen LogP contribution in [-0.4, -0.2) is 20.9 Å². The molecule has 84 valence electrons. The van der Waals surface area contributed by atoms with Crippen LogP contribution in [-0.2, 0) is 0 Å². The van der Waals surface area contributed by atoms with Gasteiger partial charge >= 0.3 is 5.97 Å². The molecular weight excluding hydrogens is 220 g/mol. The van der Waals surface area contributed by atoms with E-state index in [-0.39, 0.29) is 5.56 Å². The quantitative estimate of drug-likeness (QED) is 0.615. The third-order valence-corrected chi connectivity index (χ3v) is 1.94.